The number of fused-ring (bicyclic) bond motifs is 5. The van der Waals surface area contributed by atoms with Crippen molar-refractivity contribution in [1.82, 2.24) is 0 Å². The molecule has 0 aliphatic heterocycles. The minimum absolute atomic E-state index is 0.232. The van der Waals surface area contributed by atoms with Gasteiger partial charge in [0.1, 0.15) is 12.5 Å². The van der Waals surface area contributed by atoms with E-state index in [2.05, 4.69) is 6.92 Å². The molecule has 0 radical (unpaired) electrons. The summed E-state index contributed by atoms with van der Waals surface area (Å²) >= 11 is 0. The van der Waals surface area contributed by atoms with Crippen LogP contribution in [0.3, 0.4) is 0 Å². The number of alkyl halides is 1. The van der Waals surface area contributed by atoms with Crippen LogP contribution in [0.1, 0.15) is 78.1 Å². The first kappa shape index (κ1) is 17.9. The number of aliphatic hydroxyl groups is 1. The third-order valence-corrected chi connectivity index (χ3v) is 9.09. The normalized spacial score (nSPS) is 52.2. The summed E-state index contributed by atoms with van der Waals surface area (Å²) in [5, 5.41) is 10.4. The first-order chi connectivity index (χ1) is 11.9. The monoisotopic (exact) mass is 350 g/mol. The maximum Gasteiger partial charge on any atom is 0.136 e. The number of Topliss-reactive ketones (excluding diaryl/α,β-unsaturated/α-hetero) is 1. The van der Waals surface area contributed by atoms with E-state index in [1.165, 1.54) is 25.7 Å². The molecule has 142 valence electrons. The number of rotatable bonds is 3. The van der Waals surface area contributed by atoms with Crippen LogP contribution in [-0.2, 0) is 4.79 Å². The molecule has 0 aromatic rings. The van der Waals surface area contributed by atoms with Crippen LogP contribution in [0.15, 0.2) is 0 Å². The van der Waals surface area contributed by atoms with Crippen molar-refractivity contribution in [2.75, 3.05) is 6.67 Å². The Morgan fingerprint density at radius 1 is 1.04 bits per heavy atom. The molecule has 0 bridgehead atoms. The molecular formula is C22H35FO2. The number of hydrogen-bond acceptors (Lipinski definition) is 2. The van der Waals surface area contributed by atoms with Gasteiger partial charge in [-0.15, -0.1) is 0 Å². The number of ketones is 1. The van der Waals surface area contributed by atoms with Crippen LogP contribution in [0.4, 0.5) is 4.39 Å². The third kappa shape index (κ3) is 2.71. The molecule has 0 saturated heterocycles. The summed E-state index contributed by atoms with van der Waals surface area (Å²) in [6.07, 6.45) is 10.2. The molecule has 8 unspecified atom stereocenters. The number of carbonyl (C=O) groups excluding carboxylic acids is 1. The quantitative estimate of drug-likeness (QED) is 0.783. The Bertz CT molecular complexity index is 534. The standard InChI is InChI=1S/C22H35FO2/c1-3-20(24)19-7-6-18-17-5-4-14-12-22(25,13-23)11-9-15(14)16(17)8-10-21(18,19)2/h14-19,25H,3-13H2,1-2H3. The molecule has 25 heavy (non-hydrogen) atoms. The Labute approximate surface area is 152 Å². The summed E-state index contributed by atoms with van der Waals surface area (Å²) < 4.78 is 13.3. The van der Waals surface area contributed by atoms with Gasteiger partial charge in [0.15, 0.2) is 0 Å². The highest BCUT2D eigenvalue weighted by molar-refractivity contribution is 5.81. The first-order valence-electron chi connectivity index (χ1n) is 10.7. The maximum atomic E-state index is 13.3. The van der Waals surface area contributed by atoms with Gasteiger partial charge in [0.25, 0.3) is 0 Å². The van der Waals surface area contributed by atoms with Crippen molar-refractivity contribution in [1.29, 1.82) is 0 Å². The summed E-state index contributed by atoms with van der Waals surface area (Å²) in [6, 6.07) is 0. The zero-order valence-electron chi connectivity index (χ0n) is 16.0. The highest BCUT2D eigenvalue weighted by Crippen LogP contribution is 2.64. The SMILES string of the molecule is CCC(=O)C1CCC2C3CCC4CC(O)(CF)CCC4C3CCC12C. The summed E-state index contributed by atoms with van der Waals surface area (Å²) in [6.45, 7) is 3.85. The second kappa shape index (κ2) is 6.32. The molecule has 0 aromatic carbocycles. The molecule has 4 aliphatic carbocycles. The van der Waals surface area contributed by atoms with Gasteiger partial charge in [-0.2, -0.15) is 0 Å². The lowest BCUT2D eigenvalue weighted by Gasteiger charge is -2.57. The molecule has 8 atom stereocenters. The van der Waals surface area contributed by atoms with Gasteiger partial charge in [-0.05, 0) is 92.8 Å². The van der Waals surface area contributed by atoms with Gasteiger partial charge >= 0.3 is 0 Å². The van der Waals surface area contributed by atoms with Crippen molar-refractivity contribution < 1.29 is 14.3 Å². The van der Waals surface area contributed by atoms with E-state index < -0.39 is 12.3 Å². The molecular weight excluding hydrogens is 315 g/mol. The van der Waals surface area contributed by atoms with E-state index in [1.807, 2.05) is 6.92 Å². The molecule has 4 aliphatic rings. The molecule has 0 aromatic heterocycles. The van der Waals surface area contributed by atoms with Gasteiger partial charge in [0.05, 0.1) is 5.60 Å². The van der Waals surface area contributed by atoms with E-state index in [-0.39, 0.29) is 5.41 Å². The second-order valence-electron chi connectivity index (χ2n) is 10.0. The van der Waals surface area contributed by atoms with Gasteiger partial charge < -0.3 is 5.11 Å². The average molecular weight is 351 g/mol. The number of halogens is 1. The molecule has 4 saturated carbocycles. The lowest BCUT2D eigenvalue weighted by Crippen LogP contribution is -2.51. The van der Waals surface area contributed by atoms with Crippen LogP contribution < -0.4 is 0 Å². The summed E-state index contributed by atoms with van der Waals surface area (Å²) in [4.78, 5) is 12.5. The van der Waals surface area contributed by atoms with E-state index in [4.69, 9.17) is 0 Å². The molecule has 4 rings (SSSR count). The van der Waals surface area contributed by atoms with Crippen LogP contribution in [0.5, 0.6) is 0 Å². The topological polar surface area (TPSA) is 37.3 Å². The van der Waals surface area contributed by atoms with Crippen LogP contribution in [0.25, 0.3) is 0 Å². The smallest absolute Gasteiger partial charge is 0.136 e. The lowest BCUT2D eigenvalue weighted by molar-refractivity contribution is -0.133. The third-order valence-electron chi connectivity index (χ3n) is 9.09. The fraction of sp³-hybridized carbons (Fsp3) is 0.955. The minimum atomic E-state index is -1.04. The van der Waals surface area contributed by atoms with Crippen molar-refractivity contribution in [2.45, 2.75) is 83.7 Å². The predicted molar refractivity (Wildman–Crippen MR) is 96.8 cm³/mol. The van der Waals surface area contributed by atoms with Crippen molar-refractivity contribution in [3.05, 3.63) is 0 Å². The molecule has 1 N–H and O–H groups in total. The first-order valence-corrected chi connectivity index (χ1v) is 10.7. The highest BCUT2D eigenvalue weighted by Gasteiger charge is 2.58. The van der Waals surface area contributed by atoms with Crippen molar-refractivity contribution in [3.63, 3.8) is 0 Å². The zero-order valence-corrected chi connectivity index (χ0v) is 16.0. The Morgan fingerprint density at radius 2 is 1.80 bits per heavy atom. The molecule has 0 heterocycles. The molecule has 0 spiro atoms. The van der Waals surface area contributed by atoms with Crippen molar-refractivity contribution in [2.24, 2.45) is 40.9 Å². The summed E-state index contributed by atoms with van der Waals surface area (Å²) in [5.74, 6) is 4.25. The predicted octanol–water partition coefficient (Wildman–Crippen LogP) is 4.93. The van der Waals surface area contributed by atoms with Gasteiger partial charge in [0, 0.05) is 12.3 Å². The van der Waals surface area contributed by atoms with E-state index in [0.717, 1.165) is 37.0 Å². The van der Waals surface area contributed by atoms with Crippen molar-refractivity contribution >= 4 is 5.78 Å². The van der Waals surface area contributed by atoms with Crippen LogP contribution >= 0.6 is 0 Å². The minimum Gasteiger partial charge on any atom is -0.387 e. The molecule has 4 fully saturated rings. The highest BCUT2D eigenvalue weighted by atomic mass is 19.1. The molecule has 3 heteroatoms. The Hall–Kier alpha value is -0.440. The maximum absolute atomic E-state index is 13.3. The van der Waals surface area contributed by atoms with E-state index in [0.29, 0.717) is 42.8 Å². The fourth-order valence-electron chi connectivity index (χ4n) is 7.86. The number of carbonyl (C=O) groups is 1. The summed E-state index contributed by atoms with van der Waals surface area (Å²) in [5.41, 5.74) is -0.807. The van der Waals surface area contributed by atoms with E-state index >= 15 is 0 Å². The van der Waals surface area contributed by atoms with Gasteiger partial charge in [0.2, 0.25) is 0 Å². The van der Waals surface area contributed by atoms with Gasteiger partial charge in [-0.25, -0.2) is 4.39 Å². The van der Waals surface area contributed by atoms with E-state index in [1.54, 1.807) is 0 Å². The van der Waals surface area contributed by atoms with Gasteiger partial charge in [-0.3, -0.25) is 4.79 Å². The average Bonchev–Trinajstić information content (AvgIpc) is 2.98. The van der Waals surface area contributed by atoms with Crippen LogP contribution in [-0.4, -0.2) is 23.2 Å². The van der Waals surface area contributed by atoms with Crippen LogP contribution in [0.2, 0.25) is 0 Å². The summed E-state index contributed by atoms with van der Waals surface area (Å²) in [7, 11) is 0. The number of hydrogen-bond donors (Lipinski definition) is 1. The molecule has 2 nitrogen and oxygen atoms in total. The Balaban J connectivity index is 1.52. The van der Waals surface area contributed by atoms with Crippen molar-refractivity contribution in [3.8, 4) is 0 Å². The zero-order chi connectivity index (χ0) is 17.8. The Morgan fingerprint density at radius 3 is 2.52 bits per heavy atom. The van der Waals surface area contributed by atoms with E-state index in [9.17, 15) is 14.3 Å². The Kier molecular flexibility index (Phi) is 4.54. The largest absolute Gasteiger partial charge is 0.387 e. The molecule has 0 amide bonds. The van der Waals surface area contributed by atoms with Crippen LogP contribution in [0, 0.1) is 40.9 Å². The lowest BCUT2D eigenvalue weighted by atomic mass is 9.49. The van der Waals surface area contributed by atoms with Gasteiger partial charge in [-0.1, -0.05) is 13.8 Å². The fourth-order valence-corrected chi connectivity index (χ4v) is 7.86. The second-order valence-corrected chi connectivity index (χ2v) is 10.0.